The van der Waals surface area contributed by atoms with Crippen LogP contribution < -0.4 is 4.74 Å². The molecule has 1 nitrogen and oxygen atoms in total. The van der Waals surface area contributed by atoms with E-state index in [-0.39, 0.29) is 46.1 Å². The van der Waals surface area contributed by atoms with Crippen molar-refractivity contribution in [2.24, 2.45) is 0 Å². The van der Waals surface area contributed by atoms with Gasteiger partial charge in [0.25, 0.3) is 0 Å². The van der Waals surface area contributed by atoms with Crippen LogP contribution >= 0.6 is 34.8 Å². The normalized spacial score (nSPS) is 11.4. The molecule has 0 amide bonds. The largest absolute Gasteiger partial charge is 0.496 e. The Bertz CT molecular complexity index is 4760. The molecule has 10 aromatic carbocycles. The van der Waals surface area contributed by atoms with Gasteiger partial charge >= 0.3 is 0 Å². The first kappa shape index (κ1) is 126. The summed E-state index contributed by atoms with van der Waals surface area (Å²) in [6.07, 6.45) is 0. The predicted octanol–water partition coefficient (Wildman–Crippen LogP) is 43.7. The summed E-state index contributed by atoms with van der Waals surface area (Å²) in [4.78, 5) is 0. The van der Waals surface area contributed by atoms with Gasteiger partial charge in [-0.1, -0.05) is 440 Å². The average molecular weight is 1920 g/mol. The minimum Gasteiger partial charge on any atom is -0.496 e. The number of hydrogen-bond donors (Lipinski definition) is 0. The molecule has 0 aromatic heterocycles. The minimum absolute atomic E-state index is 0.0683. The summed E-state index contributed by atoms with van der Waals surface area (Å²) < 4.78 is 71.6. The fourth-order valence-electron chi connectivity index (χ4n) is 17.3. The number of hydrogen-bond acceptors (Lipinski definition) is 1. The van der Waals surface area contributed by atoms with Crippen molar-refractivity contribution in [3.05, 3.63) is 342 Å². The lowest BCUT2D eigenvalue weighted by atomic mass is 9.87. The highest BCUT2D eigenvalue weighted by atomic mass is 35.5. The Kier molecular flexibility index (Phi) is 56.9. The number of methoxy groups -OCH3 is 1. The Hall–Kier alpha value is -7.48. The first-order chi connectivity index (χ1) is 62.6. The molecule has 0 atom stereocenters. The summed E-state index contributed by atoms with van der Waals surface area (Å²) >= 11 is 17.9. The molecular weight excluding hydrogens is 1730 g/mol. The molecule has 10 aromatic rings. The van der Waals surface area contributed by atoms with Crippen LogP contribution in [0.2, 0.25) is 15.1 Å². The number of rotatable bonds is 22. The highest BCUT2D eigenvalue weighted by Crippen LogP contribution is 2.40. The molecule has 0 saturated carbocycles. The Morgan fingerprint density at radius 1 is 0.207 bits per heavy atom. The fraction of sp³-hybridized carbons (Fsp3) is 0.524. The summed E-state index contributed by atoms with van der Waals surface area (Å²) in [5.74, 6) is 9.23. The summed E-state index contributed by atoms with van der Waals surface area (Å²) in [5.41, 5.74) is 29.6. The van der Waals surface area contributed by atoms with Crippen LogP contribution in [-0.4, -0.2) is 7.11 Å². The molecule has 0 fully saturated rings. The van der Waals surface area contributed by atoms with Gasteiger partial charge in [-0.3, -0.25) is 0 Å². The third-order valence-electron chi connectivity index (χ3n) is 24.5. The molecule has 0 N–H and O–H groups in total. The molecule has 0 spiro atoms. The zero-order valence-corrected chi connectivity index (χ0v) is 95.0. The lowest BCUT2D eigenvalue weighted by molar-refractivity contribution is 0.406. The standard InChI is InChI=1S/C15H24.C13H20O.2C13H20.C12H16ClF.2C12H17Cl.C12H16F2.2C12H17F/c1-10(2)13-7-8-14(11(3)4)15(9-13)12(5)6;1-9(2)11-7-6-8-12(14-5)13(11)10(3)4;1-9(2)12-7-6-11(5)8-13(12)10(3)4;1-9(2)12-8-6-7-11(5)13(12)10(3)4;1-7(2)9-5-6-10(13)12(14)11(9)8(3)4;1-8(2)11-6-5-10(13)7-12(11)9(3)4;1-8(2)10-6-5-7-11(13)12(10)9(3)4;1-7(2)9-5-11(13)12(14)6-10(9)8(3)4;1-8(2)11-6-5-10(13)7-12(11)9(3)4;1-8(2)10-6-5-7-11(13)12(10)9(3)4/h7-12H,1-6H3;6-10H,1-5H3;2*6-10H,1-5H3;5-8H,1-4H3;2*5-9H,1-4H3;5-8H,1-4H3;2*5-9H,1-4H3. The highest BCUT2D eigenvalue weighted by molar-refractivity contribution is 6.31. The van der Waals surface area contributed by atoms with Crippen LogP contribution in [0.25, 0.3) is 0 Å². The molecule has 0 bridgehead atoms. The first-order valence-electron chi connectivity index (χ1n) is 50.7. The van der Waals surface area contributed by atoms with Gasteiger partial charge in [0.05, 0.1) is 12.1 Å². The van der Waals surface area contributed by atoms with Crippen molar-refractivity contribution in [3.8, 4) is 5.75 Å². The topological polar surface area (TPSA) is 9.23 Å². The van der Waals surface area contributed by atoms with Crippen LogP contribution in [0, 0.1) is 42.9 Å². The molecule has 750 valence electrons. The van der Waals surface area contributed by atoms with E-state index >= 15 is 0 Å². The Morgan fingerprint density at radius 2 is 0.504 bits per heavy atom. The molecule has 0 heterocycles. The van der Waals surface area contributed by atoms with Crippen LogP contribution in [0.15, 0.2) is 170 Å². The van der Waals surface area contributed by atoms with E-state index in [1.165, 1.54) is 101 Å². The number of aryl methyl sites for hydroxylation is 2. The molecule has 0 saturated heterocycles. The molecule has 0 aliphatic heterocycles. The van der Waals surface area contributed by atoms with E-state index < -0.39 is 11.6 Å². The van der Waals surface area contributed by atoms with Crippen LogP contribution in [0.4, 0.5) is 22.0 Å². The van der Waals surface area contributed by atoms with Gasteiger partial charge in [-0.25, -0.2) is 22.0 Å². The second-order valence-electron chi connectivity index (χ2n) is 43.1. The van der Waals surface area contributed by atoms with Gasteiger partial charge in [-0.2, -0.15) is 0 Å². The van der Waals surface area contributed by atoms with E-state index in [0.29, 0.717) is 101 Å². The van der Waals surface area contributed by atoms with Crippen molar-refractivity contribution in [1.82, 2.24) is 0 Å². The van der Waals surface area contributed by atoms with Crippen LogP contribution in [0.1, 0.15) is 543 Å². The zero-order chi connectivity index (χ0) is 104. The summed E-state index contributed by atoms with van der Waals surface area (Å²) in [5, 5.41) is 1.97. The molecule has 0 aliphatic carbocycles. The van der Waals surface area contributed by atoms with Gasteiger partial charge in [0.15, 0.2) is 11.6 Å². The van der Waals surface area contributed by atoms with Gasteiger partial charge in [0, 0.05) is 15.6 Å². The maximum absolute atomic E-state index is 13.7. The summed E-state index contributed by atoms with van der Waals surface area (Å²) in [7, 11) is 1.74. The van der Waals surface area contributed by atoms with Crippen molar-refractivity contribution in [3.63, 3.8) is 0 Å². The summed E-state index contributed by atoms with van der Waals surface area (Å²) in [6.45, 7) is 95.4. The SMILES string of the molecule is CC(C)c1cc(F)c(F)cc1C(C)C.CC(C)c1ccc(C(C)C)c(C(C)C)c1.CC(C)c1ccc(Cl)c(F)c1C(C)C.CC(C)c1ccc(Cl)cc1C(C)C.CC(C)c1ccc(F)cc1C(C)C.CC(C)c1cccc(Cl)c1C(C)C.CC(C)c1cccc(F)c1C(C)C.COc1cccc(C(C)C)c1C(C)C.Cc1ccc(C(C)C)c(C(C)C)c1.Cc1cccc(C(C)C)c1C(C)C. The van der Waals surface area contributed by atoms with E-state index in [1.807, 2.05) is 97.9 Å². The molecule has 135 heavy (non-hydrogen) atoms. The maximum atomic E-state index is 13.7. The van der Waals surface area contributed by atoms with E-state index in [1.54, 1.807) is 37.4 Å². The Balaban J connectivity index is 0.000000750. The molecule has 0 unspecified atom stereocenters. The quantitative estimate of drug-likeness (QED) is 0.0615. The number of ether oxygens (including phenoxy) is 1. The molecule has 10 rings (SSSR count). The maximum Gasteiger partial charge on any atom is 0.159 e. The average Bonchev–Trinajstić information content (AvgIpc) is 0.910. The van der Waals surface area contributed by atoms with Crippen LogP contribution in [0.3, 0.4) is 0 Å². The van der Waals surface area contributed by atoms with Crippen molar-refractivity contribution >= 4 is 34.8 Å². The number of halogens is 8. The van der Waals surface area contributed by atoms with Gasteiger partial charge in [-0.05, 0) is 316 Å². The van der Waals surface area contributed by atoms with E-state index in [0.717, 1.165) is 54.7 Å². The Labute approximate surface area is 839 Å². The van der Waals surface area contributed by atoms with Gasteiger partial charge in [0.2, 0.25) is 0 Å². The molecule has 9 heteroatoms. The highest BCUT2D eigenvalue weighted by Gasteiger charge is 2.23. The summed E-state index contributed by atoms with van der Waals surface area (Å²) in [6, 6.07) is 55.7. The van der Waals surface area contributed by atoms with E-state index in [9.17, 15) is 22.0 Å². The first-order valence-corrected chi connectivity index (χ1v) is 51.8. The smallest absolute Gasteiger partial charge is 0.159 e. The van der Waals surface area contributed by atoms with Crippen LogP contribution in [0.5, 0.6) is 5.75 Å². The van der Waals surface area contributed by atoms with Gasteiger partial charge in [-0.15, -0.1) is 0 Å². The fourth-order valence-corrected chi connectivity index (χ4v) is 18.0. The van der Waals surface area contributed by atoms with E-state index in [4.69, 9.17) is 39.5 Å². The van der Waals surface area contributed by atoms with Crippen LogP contribution in [-0.2, 0) is 0 Å². The lowest BCUT2D eigenvalue weighted by Crippen LogP contribution is -2.02. The molecular formula is C126H184Cl3F5O. The second-order valence-corrected chi connectivity index (χ2v) is 44.4. The molecule has 0 radical (unpaired) electrons. The predicted molar refractivity (Wildman–Crippen MR) is 591 cm³/mol. The van der Waals surface area contributed by atoms with Crippen molar-refractivity contribution in [2.45, 2.75) is 429 Å². The third kappa shape index (κ3) is 40.7. The van der Waals surface area contributed by atoms with Crippen molar-refractivity contribution < 1.29 is 26.7 Å². The van der Waals surface area contributed by atoms with E-state index in [2.05, 4.69) is 334 Å². The van der Waals surface area contributed by atoms with Crippen molar-refractivity contribution in [1.29, 1.82) is 0 Å². The minimum atomic E-state index is -0.752. The van der Waals surface area contributed by atoms with Gasteiger partial charge < -0.3 is 4.74 Å². The van der Waals surface area contributed by atoms with Crippen molar-refractivity contribution in [2.75, 3.05) is 7.11 Å². The van der Waals surface area contributed by atoms with Gasteiger partial charge in [0.1, 0.15) is 23.2 Å². The third-order valence-corrected chi connectivity index (χ3v) is 25.3. The Morgan fingerprint density at radius 3 is 0.859 bits per heavy atom. The molecule has 0 aliphatic rings. The lowest BCUT2D eigenvalue weighted by Gasteiger charge is -2.18. The number of benzene rings is 10. The zero-order valence-electron chi connectivity index (χ0n) is 92.7. The second kappa shape index (κ2) is 61.2. The monoisotopic (exact) mass is 1910 g/mol.